The van der Waals surface area contributed by atoms with E-state index < -0.39 is 5.91 Å². The van der Waals surface area contributed by atoms with Gasteiger partial charge in [0, 0.05) is 24.2 Å². The number of ether oxygens (including phenoxy) is 2. The molecular weight excluding hydrogens is 468 g/mol. The molecule has 1 fully saturated rings. The Morgan fingerprint density at radius 2 is 1.59 bits per heavy atom. The molecule has 0 aliphatic carbocycles. The number of carbonyl (C=O) groups excluding carboxylic acids is 3. The summed E-state index contributed by atoms with van der Waals surface area (Å²) in [6, 6.07) is 19.7. The lowest BCUT2D eigenvalue weighted by molar-refractivity contribution is -0.132. The number of anilines is 1. The van der Waals surface area contributed by atoms with E-state index in [1.807, 2.05) is 25.1 Å². The van der Waals surface area contributed by atoms with Crippen LogP contribution in [0.2, 0.25) is 0 Å². The average Bonchev–Trinajstić information content (AvgIpc) is 3.46. The summed E-state index contributed by atoms with van der Waals surface area (Å²) in [6.45, 7) is 3.43. The van der Waals surface area contributed by atoms with Crippen molar-refractivity contribution in [2.24, 2.45) is 0 Å². The minimum atomic E-state index is -0.400. The normalized spacial score (nSPS) is 16.2. The van der Waals surface area contributed by atoms with Crippen molar-refractivity contribution in [3.8, 4) is 11.5 Å². The zero-order valence-corrected chi connectivity index (χ0v) is 20.9. The molecule has 0 bridgehead atoms. The smallest absolute Gasteiger partial charge is 0.265 e. The molecule has 2 heterocycles. The van der Waals surface area contributed by atoms with E-state index in [1.54, 1.807) is 59.5 Å². The van der Waals surface area contributed by atoms with Gasteiger partial charge < -0.3 is 14.4 Å². The van der Waals surface area contributed by atoms with Crippen LogP contribution in [0.15, 0.2) is 66.7 Å². The summed E-state index contributed by atoms with van der Waals surface area (Å²) in [6.07, 6.45) is 3.79. The fraction of sp³-hybridized carbons (Fsp3) is 0.233. The predicted molar refractivity (Wildman–Crippen MR) is 142 cm³/mol. The number of nitrogens with zero attached hydrogens (tertiary/aromatic N) is 2. The number of amides is 3. The SMILES string of the molecule is COc1cc(C=C2C(=O)N(c3ccc(C)cc3)C(=O)c3ccccc32)ccc1OCC(=O)N1CCCC1. The molecule has 188 valence electrons. The van der Waals surface area contributed by atoms with Crippen LogP contribution in [0.4, 0.5) is 5.69 Å². The van der Waals surface area contributed by atoms with Crippen molar-refractivity contribution in [2.45, 2.75) is 19.8 Å². The maximum absolute atomic E-state index is 13.7. The van der Waals surface area contributed by atoms with Crippen molar-refractivity contribution in [2.75, 3.05) is 31.7 Å². The first-order chi connectivity index (χ1) is 18.0. The van der Waals surface area contributed by atoms with Crippen LogP contribution in [-0.4, -0.2) is 49.4 Å². The number of rotatable bonds is 6. The molecular formula is C30H28N2O5. The van der Waals surface area contributed by atoms with Crippen molar-refractivity contribution >= 4 is 35.1 Å². The van der Waals surface area contributed by atoms with Gasteiger partial charge in [-0.1, -0.05) is 42.0 Å². The third-order valence-electron chi connectivity index (χ3n) is 6.69. The first kappa shape index (κ1) is 24.3. The van der Waals surface area contributed by atoms with E-state index in [9.17, 15) is 14.4 Å². The molecule has 0 radical (unpaired) electrons. The van der Waals surface area contributed by atoms with Crippen LogP contribution in [0.25, 0.3) is 11.6 Å². The van der Waals surface area contributed by atoms with E-state index in [2.05, 4.69) is 0 Å². The monoisotopic (exact) mass is 496 g/mol. The summed E-state index contributed by atoms with van der Waals surface area (Å²) in [4.78, 5) is 42.3. The minimum absolute atomic E-state index is 0.0454. The number of imide groups is 1. The maximum Gasteiger partial charge on any atom is 0.265 e. The highest BCUT2D eigenvalue weighted by Gasteiger charge is 2.35. The van der Waals surface area contributed by atoms with Crippen molar-refractivity contribution in [3.63, 3.8) is 0 Å². The molecule has 1 saturated heterocycles. The van der Waals surface area contributed by atoms with Gasteiger partial charge in [0.15, 0.2) is 18.1 Å². The second-order valence-corrected chi connectivity index (χ2v) is 9.17. The second kappa shape index (κ2) is 10.3. The van der Waals surface area contributed by atoms with Gasteiger partial charge >= 0.3 is 0 Å². The number of methoxy groups -OCH3 is 1. The fourth-order valence-electron chi connectivity index (χ4n) is 4.68. The summed E-state index contributed by atoms with van der Waals surface area (Å²) in [5, 5.41) is 0. The summed E-state index contributed by atoms with van der Waals surface area (Å²) in [5.41, 5.74) is 3.69. The van der Waals surface area contributed by atoms with Gasteiger partial charge in [-0.3, -0.25) is 14.4 Å². The first-order valence-electron chi connectivity index (χ1n) is 12.3. The van der Waals surface area contributed by atoms with E-state index in [1.165, 1.54) is 12.0 Å². The number of hydrogen-bond acceptors (Lipinski definition) is 5. The number of hydrogen-bond donors (Lipinski definition) is 0. The van der Waals surface area contributed by atoms with Crippen molar-refractivity contribution in [1.82, 2.24) is 4.90 Å². The molecule has 7 heteroatoms. The Balaban J connectivity index is 1.46. The summed E-state index contributed by atoms with van der Waals surface area (Å²) in [7, 11) is 1.53. The molecule has 37 heavy (non-hydrogen) atoms. The Morgan fingerprint density at radius 1 is 0.892 bits per heavy atom. The fourth-order valence-corrected chi connectivity index (χ4v) is 4.68. The number of benzene rings is 3. The number of aryl methyl sites for hydroxylation is 1. The number of carbonyl (C=O) groups is 3. The lowest BCUT2D eigenvalue weighted by Gasteiger charge is -2.28. The number of fused-ring (bicyclic) bond motifs is 1. The standard InChI is InChI=1S/C30H28N2O5/c1-20-9-12-22(13-10-20)32-29(34)24-8-4-3-7-23(24)25(30(32)35)17-21-11-14-26(27(18-21)36-2)37-19-28(33)31-15-5-6-16-31/h3-4,7-14,17-18H,5-6,15-16,19H2,1-2H3. The molecule has 2 aliphatic heterocycles. The van der Waals surface area contributed by atoms with Crippen LogP contribution in [0.3, 0.4) is 0 Å². The Bertz CT molecular complexity index is 1390. The van der Waals surface area contributed by atoms with Crippen molar-refractivity contribution < 1.29 is 23.9 Å². The van der Waals surface area contributed by atoms with Crippen LogP contribution >= 0.6 is 0 Å². The van der Waals surface area contributed by atoms with E-state index >= 15 is 0 Å². The highest BCUT2D eigenvalue weighted by atomic mass is 16.5. The molecule has 3 aromatic rings. The van der Waals surface area contributed by atoms with Gasteiger partial charge in [0.05, 0.1) is 12.8 Å². The van der Waals surface area contributed by atoms with Crippen molar-refractivity contribution in [3.05, 3.63) is 89.0 Å². The quantitative estimate of drug-likeness (QED) is 0.364. The highest BCUT2D eigenvalue weighted by Crippen LogP contribution is 2.35. The van der Waals surface area contributed by atoms with Gasteiger partial charge in [0.25, 0.3) is 17.7 Å². The largest absolute Gasteiger partial charge is 0.493 e. The second-order valence-electron chi connectivity index (χ2n) is 9.17. The zero-order chi connectivity index (χ0) is 25.9. The molecule has 5 rings (SSSR count). The van der Waals surface area contributed by atoms with Crippen LogP contribution < -0.4 is 14.4 Å². The van der Waals surface area contributed by atoms with Crippen molar-refractivity contribution in [1.29, 1.82) is 0 Å². The van der Waals surface area contributed by atoms with E-state index in [0.717, 1.165) is 31.5 Å². The zero-order valence-electron chi connectivity index (χ0n) is 20.9. The molecule has 7 nitrogen and oxygen atoms in total. The molecule has 3 aromatic carbocycles. The number of likely N-dealkylation sites (tertiary alicyclic amines) is 1. The molecule has 2 aliphatic rings. The topological polar surface area (TPSA) is 76.1 Å². The van der Waals surface area contributed by atoms with Gasteiger partial charge in [-0.15, -0.1) is 0 Å². The molecule has 0 spiro atoms. The molecule has 0 atom stereocenters. The van der Waals surface area contributed by atoms with Gasteiger partial charge in [-0.25, -0.2) is 4.90 Å². The van der Waals surface area contributed by atoms with Crippen LogP contribution in [0, 0.1) is 6.92 Å². The van der Waals surface area contributed by atoms with Gasteiger partial charge in [0.1, 0.15) is 0 Å². The Hall–Kier alpha value is -4.39. The molecule has 0 N–H and O–H groups in total. The summed E-state index contributed by atoms with van der Waals surface area (Å²) < 4.78 is 11.3. The van der Waals surface area contributed by atoms with Gasteiger partial charge in [-0.05, 0) is 67.3 Å². The highest BCUT2D eigenvalue weighted by molar-refractivity contribution is 6.43. The first-order valence-corrected chi connectivity index (χ1v) is 12.3. The van der Waals surface area contributed by atoms with Crippen LogP contribution in [0.5, 0.6) is 11.5 Å². The van der Waals surface area contributed by atoms with E-state index in [-0.39, 0.29) is 18.4 Å². The molecule has 0 unspecified atom stereocenters. The molecule has 0 saturated carbocycles. The van der Waals surface area contributed by atoms with Crippen LogP contribution in [-0.2, 0) is 9.59 Å². The lowest BCUT2D eigenvalue weighted by Crippen LogP contribution is -2.41. The Morgan fingerprint density at radius 3 is 2.30 bits per heavy atom. The summed E-state index contributed by atoms with van der Waals surface area (Å²) in [5.74, 6) is 0.0975. The third kappa shape index (κ3) is 4.85. The molecule has 3 amide bonds. The Kier molecular flexibility index (Phi) is 6.77. The Labute approximate surface area is 215 Å². The summed E-state index contributed by atoms with van der Waals surface area (Å²) >= 11 is 0. The minimum Gasteiger partial charge on any atom is -0.493 e. The van der Waals surface area contributed by atoms with Gasteiger partial charge in [0.2, 0.25) is 0 Å². The average molecular weight is 497 g/mol. The lowest BCUT2D eigenvalue weighted by atomic mass is 9.91. The third-order valence-corrected chi connectivity index (χ3v) is 6.69. The van der Waals surface area contributed by atoms with E-state index in [4.69, 9.17) is 9.47 Å². The maximum atomic E-state index is 13.7. The molecule has 0 aromatic heterocycles. The van der Waals surface area contributed by atoms with Crippen LogP contribution in [0.1, 0.15) is 39.9 Å². The predicted octanol–water partition coefficient (Wildman–Crippen LogP) is 4.73. The van der Waals surface area contributed by atoms with Gasteiger partial charge in [-0.2, -0.15) is 0 Å². The van der Waals surface area contributed by atoms with E-state index in [0.29, 0.717) is 39.4 Å².